The number of rotatable bonds is 6. The van der Waals surface area contributed by atoms with Gasteiger partial charge in [0.05, 0.1) is 26.4 Å². The molecule has 0 spiro atoms. The molecule has 1 fully saturated rings. The molecule has 1 amide bonds. The number of carbonyl (C=O) groups excluding carboxylic acids is 1. The maximum Gasteiger partial charge on any atom is 0.254 e. The number of halogens is 2. The summed E-state index contributed by atoms with van der Waals surface area (Å²) >= 11 is 12.3. The highest BCUT2D eigenvalue weighted by molar-refractivity contribution is 7.89. The van der Waals surface area contributed by atoms with Crippen molar-refractivity contribution in [1.82, 2.24) is 9.21 Å². The van der Waals surface area contributed by atoms with Gasteiger partial charge in [-0.15, -0.1) is 0 Å². The highest BCUT2D eigenvalue weighted by Crippen LogP contribution is 2.32. The van der Waals surface area contributed by atoms with Crippen molar-refractivity contribution in [2.24, 2.45) is 0 Å². The monoisotopic (exact) mass is 486 g/mol. The lowest BCUT2D eigenvalue weighted by molar-refractivity contribution is 0.0728. The average Bonchev–Trinajstić information content (AvgIpc) is 2.77. The van der Waals surface area contributed by atoms with E-state index in [1.165, 1.54) is 28.4 Å². The fourth-order valence-electron chi connectivity index (χ4n) is 3.37. The van der Waals surface area contributed by atoms with Gasteiger partial charge in [-0.2, -0.15) is 4.31 Å². The van der Waals surface area contributed by atoms with Crippen molar-refractivity contribution < 1.29 is 22.7 Å². The average molecular weight is 487 g/mol. The topological polar surface area (TPSA) is 76.2 Å². The molecule has 10 heteroatoms. The Kier molecular flexibility index (Phi) is 7.49. The molecule has 0 aromatic heterocycles. The molecule has 0 bridgehead atoms. The molecular weight excluding hydrogens is 463 g/mol. The predicted molar refractivity (Wildman–Crippen MR) is 120 cm³/mol. The number of ether oxygens (including phenoxy) is 2. The van der Waals surface area contributed by atoms with Gasteiger partial charge in [-0.05, 0) is 42.8 Å². The third-order valence-electron chi connectivity index (χ3n) is 5.31. The van der Waals surface area contributed by atoms with Crippen LogP contribution in [0.1, 0.15) is 28.9 Å². The van der Waals surface area contributed by atoms with Gasteiger partial charge in [-0.3, -0.25) is 4.79 Å². The van der Waals surface area contributed by atoms with Crippen LogP contribution in [-0.4, -0.2) is 64.0 Å². The number of methoxy groups -OCH3 is 1. The van der Waals surface area contributed by atoms with E-state index in [-0.39, 0.29) is 41.2 Å². The zero-order valence-electron chi connectivity index (χ0n) is 17.5. The Bertz CT molecular complexity index is 1070. The zero-order chi connectivity index (χ0) is 22.8. The van der Waals surface area contributed by atoms with E-state index in [0.717, 1.165) is 5.56 Å². The van der Waals surface area contributed by atoms with E-state index >= 15 is 0 Å². The summed E-state index contributed by atoms with van der Waals surface area (Å²) in [6.45, 7) is 2.97. The number of morpholine rings is 1. The lowest BCUT2D eigenvalue weighted by Crippen LogP contribution is -2.40. The second-order valence-electron chi connectivity index (χ2n) is 7.14. The van der Waals surface area contributed by atoms with Crippen molar-refractivity contribution in [3.63, 3.8) is 0 Å². The van der Waals surface area contributed by atoms with Gasteiger partial charge in [-0.25, -0.2) is 8.42 Å². The number of sulfonamides is 1. The predicted octanol–water partition coefficient (Wildman–Crippen LogP) is 3.86. The van der Waals surface area contributed by atoms with Crippen LogP contribution in [0.4, 0.5) is 0 Å². The van der Waals surface area contributed by atoms with Crippen LogP contribution < -0.4 is 4.74 Å². The van der Waals surface area contributed by atoms with Crippen molar-refractivity contribution in [3.8, 4) is 5.75 Å². The van der Waals surface area contributed by atoms with E-state index < -0.39 is 10.0 Å². The molecule has 1 aliphatic heterocycles. The first kappa shape index (κ1) is 23.8. The van der Waals surface area contributed by atoms with Gasteiger partial charge >= 0.3 is 0 Å². The summed E-state index contributed by atoms with van der Waals surface area (Å²) in [5, 5.41) is 0.952. The number of hydrogen-bond donors (Lipinski definition) is 0. The first-order valence-corrected chi connectivity index (χ1v) is 11.8. The second kappa shape index (κ2) is 9.75. The first-order chi connectivity index (χ1) is 14.7. The Labute approximate surface area is 192 Å². The van der Waals surface area contributed by atoms with Crippen LogP contribution in [0, 0.1) is 0 Å². The summed E-state index contributed by atoms with van der Waals surface area (Å²) in [6, 6.07) is 9.13. The number of amides is 1. The highest BCUT2D eigenvalue weighted by Gasteiger charge is 2.31. The Balaban J connectivity index is 1.93. The number of nitrogens with zero attached hydrogens (tertiary/aromatic N) is 2. The molecule has 0 N–H and O–H groups in total. The van der Waals surface area contributed by atoms with Crippen LogP contribution in [0.3, 0.4) is 0 Å². The van der Waals surface area contributed by atoms with Crippen molar-refractivity contribution in [3.05, 3.63) is 57.6 Å². The molecule has 1 atom stereocenters. The molecule has 3 rings (SSSR count). The van der Waals surface area contributed by atoms with E-state index in [2.05, 4.69) is 0 Å². The van der Waals surface area contributed by atoms with Gasteiger partial charge in [0, 0.05) is 35.7 Å². The molecule has 0 saturated carbocycles. The van der Waals surface area contributed by atoms with Gasteiger partial charge < -0.3 is 14.4 Å². The SMILES string of the molecule is COc1ccc(C(=O)N(C)C(C)c2ccc(Cl)cc2Cl)cc1S(=O)(=O)N1CCOCC1. The summed E-state index contributed by atoms with van der Waals surface area (Å²) in [7, 11) is -0.817. The van der Waals surface area contributed by atoms with Crippen LogP contribution in [0.5, 0.6) is 5.75 Å². The van der Waals surface area contributed by atoms with Gasteiger partial charge in [0.15, 0.2) is 0 Å². The second-order valence-corrected chi connectivity index (χ2v) is 9.89. The zero-order valence-corrected chi connectivity index (χ0v) is 19.8. The molecule has 2 aromatic carbocycles. The van der Waals surface area contributed by atoms with E-state index in [0.29, 0.717) is 23.3 Å². The highest BCUT2D eigenvalue weighted by atomic mass is 35.5. The largest absolute Gasteiger partial charge is 0.495 e. The lowest BCUT2D eigenvalue weighted by atomic mass is 10.1. The van der Waals surface area contributed by atoms with Crippen molar-refractivity contribution >= 4 is 39.1 Å². The Morgan fingerprint density at radius 1 is 1.16 bits per heavy atom. The molecule has 168 valence electrons. The minimum absolute atomic E-state index is 0.0478. The number of carbonyl (C=O) groups is 1. The summed E-state index contributed by atoms with van der Waals surface area (Å²) in [5.74, 6) is -0.168. The van der Waals surface area contributed by atoms with Crippen LogP contribution in [-0.2, 0) is 14.8 Å². The molecule has 7 nitrogen and oxygen atoms in total. The summed E-state index contributed by atoms with van der Waals surface area (Å²) in [4.78, 5) is 14.6. The smallest absolute Gasteiger partial charge is 0.254 e. The van der Waals surface area contributed by atoms with E-state index in [1.807, 2.05) is 6.92 Å². The molecule has 1 saturated heterocycles. The molecule has 1 heterocycles. The van der Waals surface area contributed by atoms with Crippen molar-refractivity contribution in [2.45, 2.75) is 17.9 Å². The molecule has 1 aliphatic rings. The van der Waals surface area contributed by atoms with Crippen molar-refractivity contribution in [2.75, 3.05) is 40.5 Å². The summed E-state index contributed by atoms with van der Waals surface area (Å²) in [6.07, 6.45) is 0. The fraction of sp³-hybridized carbons (Fsp3) is 0.381. The quantitative estimate of drug-likeness (QED) is 0.619. The molecule has 0 aliphatic carbocycles. The minimum Gasteiger partial charge on any atom is -0.495 e. The third-order valence-corrected chi connectivity index (χ3v) is 7.79. The van der Waals surface area contributed by atoms with Gasteiger partial charge in [0.25, 0.3) is 5.91 Å². The maximum atomic E-state index is 13.2. The minimum atomic E-state index is -3.85. The number of hydrogen-bond acceptors (Lipinski definition) is 5. The molecular formula is C21H24Cl2N2O5S. The van der Waals surface area contributed by atoms with E-state index in [1.54, 1.807) is 31.3 Å². The third kappa shape index (κ3) is 4.99. The normalized spacial score (nSPS) is 16.0. The first-order valence-electron chi connectivity index (χ1n) is 9.65. The van der Waals surface area contributed by atoms with Gasteiger partial charge in [0.1, 0.15) is 10.6 Å². The maximum absolute atomic E-state index is 13.2. The molecule has 31 heavy (non-hydrogen) atoms. The van der Waals surface area contributed by atoms with Crippen molar-refractivity contribution in [1.29, 1.82) is 0 Å². The van der Waals surface area contributed by atoms with Crippen LogP contribution in [0.2, 0.25) is 10.0 Å². The standard InChI is InChI=1S/C21H24Cl2N2O5S/c1-14(17-6-5-16(22)13-18(17)23)24(2)21(26)15-4-7-19(29-3)20(12-15)31(27,28)25-8-10-30-11-9-25/h4-7,12-14H,8-11H2,1-3H3. The van der Waals surface area contributed by atoms with E-state index in [4.69, 9.17) is 32.7 Å². The molecule has 2 aromatic rings. The summed E-state index contributed by atoms with van der Waals surface area (Å²) in [5.41, 5.74) is 0.962. The van der Waals surface area contributed by atoms with Crippen LogP contribution >= 0.6 is 23.2 Å². The van der Waals surface area contributed by atoms with Crippen LogP contribution in [0.25, 0.3) is 0 Å². The molecule has 1 unspecified atom stereocenters. The van der Waals surface area contributed by atoms with Gasteiger partial charge in [-0.1, -0.05) is 29.3 Å². The Morgan fingerprint density at radius 3 is 2.45 bits per heavy atom. The fourth-order valence-corrected chi connectivity index (χ4v) is 5.52. The summed E-state index contributed by atoms with van der Waals surface area (Å²) < 4.78 is 38.2. The van der Waals surface area contributed by atoms with Gasteiger partial charge in [0.2, 0.25) is 10.0 Å². The van der Waals surface area contributed by atoms with Crippen LogP contribution in [0.15, 0.2) is 41.3 Å². The Hall–Kier alpha value is -1.84. The molecule has 0 radical (unpaired) electrons. The Morgan fingerprint density at radius 2 is 1.84 bits per heavy atom. The number of benzene rings is 2. The lowest BCUT2D eigenvalue weighted by Gasteiger charge is -2.28. The van der Waals surface area contributed by atoms with E-state index in [9.17, 15) is 13.2 Å².